The van der Waals surface area contributed by atoms with Gasteiger partial charge in [-0.3, -0.25) is 14.9 Å². The number of nitrogens with one attached hydrogen (secondary N) is 3. The molecule has 1 amide bonds. The second-order valence-corrected chi connectivity index (χ2v) is 9.16. The number of fused-ring (bicyclic) bond motifs is 1. The second kappa shape index (κ2) is 8.39. The highest BCUT2D eigenvalue weighted by Gasteiger charge is 2.19. The number of amides is 1. The summed E-state index contributed by atoms with van der Waals surface area (Å²) in [6.45, 7) is 6.84. The Morgan fingerprint density at radius 2 is 2.03 bits per heavy atom. The molecule has 0 fully saturated rings. The number of carbonyl (C=O) groups is 1. The molecule has 0 unspecified atom stereocenters. The van der Waals surface area contributed by atoms with Gasteiger partial charge in [-0.15, -0.1) is 11.3 Å². The molecule has 0 aliphatic rings. The van der Waals surface area contributed by atoms with Crippen molar-refractivity contribution in [1.82, 2.24) is 15.2 Å². The van der Waals surface area contributed by atoms with E-state index in [0.717, 1.165) is 33.6 Å². The lowest BCUT2D eigenvalue weighted by Gasteiger charge is -2.14. The van der Waals surface area contributed by atoms with E-state index in [0.29, 0.717) is 17.2 Å². The van der Waals surface area contributed by atoms with Gasteiger partial charge in [-0.25, -0.2) is 0 Å². The molecule has 3 N–H and O–H groups in total. The molecule has 0 aliphatic heterocycles. The van der Waals surface area contributed by atoms with Crippen LogP contribution in [-0.2, 0) is 12.0 Å². The summed E-state index contributed by atoms with van der Waals surface area (Å²) in [5, 5.41) is 16.4. The number of ether oxygens (including phenoxy) is 1. The first-order valence-corrected chi connectivity index (χ1v) is 10.8. The Morgan fingerprint density at radius 3 is 2.77 bits per heavy atom. The Labute approximate surface area is 184 Å². The van der Waals surface area contributed by atoms with Gasteiger partial charge in [0, 0.05) is 41.4 Å². The molecular weight excluding hydrogens is 410 g/mol. The average Bonchev–Trinajstić information content (AvgIpc) is 3.41. The fourth-order valence-electron chi connectivity index (χ4n) is 3.23. The Morgan fingerprint density at radius 1 is 1.19 bits per heavy atom. The number of thiophene rings is 1. The summed E-state index contributed by atoms with van der Waals surface area (Å²) >= 11 is 1.39. The van der Waals surface area contributed by atoms with Crippen molar-refractivity contribution in [1.29, 1.82) is 0 Å². The van der Waals surface area contributed by atoms with Gasteiger partial charge in [0.25, 0.3) is 5.91 Å². The molecule has 0 aliphatic carbocycles. The van der Waals surface area contributed by atoms with Crippen LogP contribution in [0.15, 0.2) is 48.0 Å². The van der Waals surface area contributed by atoms with Crippen molar-refractivity contribution in [2.24, 2.45) is 0 Å². The number of aromatic amines is 1. The van der Waals surface area contributed by atoms with Crippen LogP contribution in [0, 0.1) is 0 Å². The predicted octanol–water partition coefficient (Wildman–Crippen LogP) is 5.19. The Balaban J connectivity index is 1.48. The quantitative estimate of drug-likeness (QED) is 0.388. The minimum atomic E-state index is -0.186. The summed E-state index contributed by atoms with van der Waals surface area (Å²) < 4.78 is 5.29. The summed E-state index contributed by atoms with van der Waals surface area (Å²) in [5.41, 5.74) is 3.65. The van der Waals surface area contributed by atoms with Gasteiger partial charge in [0.2, 0.25) is 0 Å². The van der Waals surface area contributed by atoms with E-state index in [1.165, 1.54) is 11.3 Å². The van der Waals surface area contributed by atoms with Crippen LogP contribution in [0.5, 0.6) is 5.75 Å². The van der Waals surface area contributed by atoms with Crippen LogP contribution < -0.4 is 15.4 Å². The minimum Gasteiger partial charge on any atom is -0.497 e. The molecule has 0 saturated heterocycles. The zero-order valence-corrected chi connectivity index (χ0v) is 18.8. The second-order valence-electron chi connectivity index (χ2n) is 8.24. The summed E-state index contributed by atoms with van der Waals surface area (Å²) in [6, 6.07) is 11.6. The Bertz CT molecular complexity index is 1220. The number of pyridine rings is 1. The molecule has 0 bridgehead atoms. The van der Waals surface area contributed by atoms with E-state index in [1.54, 1.807) is 13.3 Å². The van der Waals surface area contributed by atoms with Crippen molar-refractivity contribution < 1.29 is 9.53 Å². The van der Waals surface area contributed by atoms with Crippen molar-refractivity contribution in [2.75, 3.05) is 17.7 Å². The first kappa shape index (κ1) is 20.9. The average molecular weight is 436 g/mol. The van der Waals surface area contributed by atoms with Gasteiger partial charge in [-0.2, -0.15) is 5.10 Å². The van der Waals surface area contributed by atoms with Crippen molar-refractivity contribution in [2.45, 2.75) is 32.7 Å². The highest BCUT2D eigenvalue weighted by Crippen LogP contribution is 2.27. The van der Waals surface area contributed by atoms with Gasteiger partial charge >= 0.3 is 0 Å². The maximum atomic E-state index is 12.8. The van der Waals surface area contributed by atoms with Gasteiger partial charge < -0.3 is 15.4 Å². The highest BCUT2D eigenvalue weighted by atomic mass is 32.1. The lowest BCUT2D eigenvalue weighted by molar-refractivity contribution is 0.103. The van der Waals surface area contributed by atoms with E-state index in [4.69, 9.17) is 4.74 Å². The molecule has 0 radical (unpaired) electrons. The number of anilines is 2. The minimum absolute atomic E-state index is 0.0665. The van der Waals surface area contributed by atoms with Gasteiger partial charge in [0.15, 0.2) is 5.82 Å². The van der Waals surface area contributed by atoms with Crippen molar-refractivity contribution in [3.63, 3.8) is 0 Å². The molecule has 3 heterocycles. The van der Waals surface area contributed by atoms with Crippen LogP contribution in [-0.4, -0.2) is 28.2 Å². The van der Waals surface area contributed by atoms with Crippen LogP contribution in [0.4, 0.5) is 11.5 Å². The third-order valence-corrected chi connectivity index (χ3v) is 5.92. The molecular formula is C23H25N5O2S. The Hall–Kier alpha value is -3.39. The Kier molecular flexibility index (Phi) is 5.65. The lowest BCUT2D eigenvalue weighted by Crippen LogP contribution is -2.13. The molecule has 31 heavy (non-hydrogen) atoms. The molecule has 3 aromatic heterocycles. The summed E-state index contributed by atoms with van der Waals surface area (Å²) in [7, 11) is 1.64. The molecule has 4 aromatic rings. The number of hydrogen-bond donors (Lipinski definition) is 3. The number of hydrogen-bond acceptors (Lipinski definition) is 6. The number of rotatable bonds is 6. The van der Waals surface area contributed by atoms with Crippen LogP contribution in [0.1, 0.15) is 41.7 Å². The van der Waals surface area contributed by atoms with Crippen LogP contribution in [0.2, 0.25) is 0 Å². The normalized spacial score (nSPS) is 11.5. The van der Waals surface area contributed by atoms with Crippen molar-refractivity contribution in [3.8, 4) is 5.75 Å². The third kappa shape index (κ3) is 4.54. The summed E-state index contributed by atoms with van der Waals surface area (Å²) in [4.78, 5) is 17.9. The van der Waals surface area contributed by atoms with E-state index < -0.39 is 0 Å². The number of benzene rings is 1. The lowest BCUT2D eigenvalue weighted by atomic mass is 9.92. The monoisotopic (exact) mass is 435 g/mol. The highest BCUT2D eigenvalue weighted by molar-refractivity contribution is 7.12. The number of nitrogens with zero attached hydrogens (tertiary/aromatic N) is 2. The van der Waals surface area contributed by atoms with E-state index >= 15 is 0 Å². The number of methoxy groups -OCH3 is 1. The predicted molar refractivity (Wildman–Crippen MR) is 125 cm³/mol. The first-order chi connectivity index (χ1) is 14.8. The van der Waals surface area contributed by atoms with Gasteiger partial charge in [0.05, 0.1) is 18.3 Å². The number of H-pyrrole nitrogens is 1. The number of aromatic nitrogens is 3. The van der Waals surface area contributed by atoms with E-state index in [2.05, 4.69) is 46.6 Å². The zero-order valence-electron chi connectivity index (χ0n) is 17.9. The van der Waals surface area contributed by atoms with Crippen molar-refractivity contribution in [3.05, 3.63) is 64.1 Å². The molecule has 0 atom stereocenters. The molecule has 160 valence electrons. The summed E-state index contributed by atoms with van der Waals surface area (Å²) in [6.07, 6.45) is 1.78. The maximum Gasteiger partial charge on any atom is 0.269 e. The van der Waals surface area contributed by atoms with Crippen LogP contribution >= 0.6 is 11.3 Å². The van der Waals surface area contributed by atoms with Gasteiger partial charge in [-0.05, 0) is 35.2 Å². The SMILES string of the molecule is COc1ccc2c(CNc3ccsc3C(=O)Nc3cc(C(C)(C)C)[nH]n3)ccnc2c1. The molecule has 4 rings (SSSR count). The largest absolute Gasteiger partial charge is 0.497 e. The molecule has 7 nitrogen and oxygen atoms in total. The first-order valence-electron chi connectivity index (χ1n) is 9.95. The van der Waals surface area contributed by atoms with E-state index in [-0.39, 0.29) is 11.3 Å². The summed E-state index contributed by atoms with van der Waals surface area (Å²) in [5.74, 6) is 1.10. The standard InChI is InChI=1S/C23H25N5O2S/c1-23(2,3)19-12-20(28-27-19)26-22(29)21-17(8-10-31-21)25-13-14-7-9-24-18-11-15(30-4)5-6-16(14)18/h5-12,25H,13H2,1-4H3,(H2,26,27,28,29). The molecule has 1 aromatic carbocycles. The van der Waals surface area contributed by atoms with E-state index in [9.17, 15) is 4.79 Å². The molecule has 0 spiro atoms. The molecule has 0 saturated carbocycles. The van der Waals surface area contributed by atoms with Crippen molar-refractivity contribution >= 4 is 39.7 Å². The fourth-order valence-corrected chi connectivity index (χ4v) is 3.99. The zero-order chi connectivity index (χ0) is 22.0. The van der Waals surface area contributed by atoms with Crippen LogP contribution in [0.25, 0.3) is 10.9 Å². The topological polar surface area (TPSA) is 91.9 Å². The van der Waals surface area contributed by atoms with Gasteiger partial charge in [0.1, 0.15) is 10.6 Å². The van der Waals surface area contributed by atoms with Gasteiger partial charge in [-0.1, -0.05) is 20.8 Å². The third-order valence-electron chi connectivity index (χ3n) is 5.01. The fraction of sp³-hybridized carbons (Fsp3) is 0.261. The smallest absolute Gasteiger partial charge is 0.269 e. The van der Waals surface area contributed by atoms with E-state index in [1.807, 2.05) is 41.8 Å². The maximum absolute atomic E-state index is 12.8. The number of carbonyl (C=O) groups excluding carboxylic acids is 1. The molecule has 8 heteroatoms. The van der Waals surface area contributed by atoms with Crippen LogP contribution in [0.3, 0.4) is 0 Å².